The molecule has 0 amide bonds. The Morgan fingerprint density at radius 2 is 1.78 bits per heavy atom. The van der Waals surface area contributed by atoms with Crippen molar-refractivity contribution in [3.63, 3.8) is 0 Å². The fourth-order valence-corrected chi connectivity index (χ4v) is 4.27. The van der Waals surface area contributed by atoms with Crippen molar-refractivity contribution in [3.8, 4) is 0 Å². The van der Waals surface area contributed by atoms with Crippen LogP contribution in [0.4, 0.5) is 0 Å². The number of rotatable bonds is 9. The standard InChI is InChI=1S/C22H22N2O7S/c1-13-20(15(3)25)14(2)24-21(13)19(26)12-31-22(27)16-6-8-18(9-7-16)32(28,29)23-11-17-5-4-10-30-17/h4-10,23-24H,11-12H2,1-3H3. The number of nitrogens with one attached hydrogen (secondary N) is 2. The second-order valence-corrected chi connectivity index (χ2v) is 8.88. The maximum absolute atomic E-state index is 12.4. The molecule has 32 heavy (non-hydrogen) atoms. The van der Waals surface area contributed by atoms with Crippen molar-refractivity contribution in [1.82, 2.24) is 9.71 Å². The first-order chi connectivity index (χ1) is 15.1. The molecule has 0 aliphatic rings. The summed E-state index contributed by atoms with van der Waals surface area (Å²) in [6, 6.07) is 8.41. The Bertz CT molecular complexity index is 1250. The Morgan fingerprint density at radius 3 is 2.34 bits per heavy atom. The molecule has 3 aromatic rings. The number of benzene rings is 1. The fourth-order valence-electron chi connectivity index (χ4n) is 3.28. The molecule has 9 nitrogen and oxygen atoms in total. The monoisotopic (exact) mass is 458 g/mol. The fraction of sp³-hybridized carbons (Fsp3) is 0.227. The SMILES string of the molecule is CC(=O)c1c(C)[nH]c(C(=O)COC(=O)c2ccc(S(=O)(=O)NCc3ccco3)cc2)c1C. The first-order valence-electron chi connectivity index (χ1n) is 9.62. The molecule has 0 bridgehead atoms. The largest absolute Gasteiger partial charge is 0.468 e. The Hall–Kier alpha value is -3.50. The van der Waals surface area contributed by atoms with E-state index in [0.717, 1.165) is 0 Å². The van der Waals surface area contributed by atoms with Gasteiger partial charge in [-0.1, -0.05) is 0 Å². The molecule has 0 radical (unpaired) electrons. The number of aromatic amines is 1. The Morgan fingerprint density at radius 1 is 1.09 bits per heavy atom. The van der Waals surface area contributed by atoms with Gasteiger partial charge in [0, 0.05) is 11.3 Å². The van der Waals surface area contributed by atoms with Crippen LogP contribution < -0.4 is 4.72 Å². The number of hydrogen-bond acceptors (Lipinski definition) is 7. The number of furan rings is 1. The van der Waals surface area contributed by atoms with Crippen LogP contribution in [0.15, 0.2) is 52.0 Å². The van der Waals surface area contributed by atoms with Crippen LogP contribution >= 0.6 is 0 Å². The lowest BCUT2D eigenvalue weighted by molar-refractivity contribution is 0.0473. The van der Waals surface area contributed by atoms with Crippen LogP contribution in [0, 0.1) is 13.8 Å². The number of hydrogen-bond donors (Lipinski definition) is 2. The molecular formula is C22H22N2O7S. The summed E-state index contributed by atoms with van der Waals surface area (Å²) in [5.74, 6) is -0.964. The lowest BCUT2D eigenvalue weighted by atomic mass is 10.1. The number of Topliss-reactive ketones (excluding diaryl/α,β-unsaturated/α-hetero) is 2. The highest BCUT2D eigenvalue weighted by Crippen LogP contribution is 2.19. The molecule has 0 atom stereocenters. The summed E-state index contributed by atoms with van der Waals surface area (Å²) in [4.78, 5) is 39.2. The highest BCUT2D eigenvalue weighted by atomic mass is 32.2. The Balaban J connectivity index is 1.62. The van der Waals surface area contributed by atoms with E-state index in [1.54, 1.807) is 26.0 Å². The van der Waals surface area contributed by atoms with E-state index in [1.165, 1.54) is 37.5 Å². The summed E-state index contributed by atoms with van der Waals surface area (Å²) >= 11 is 0. The van der Waals surface area contributed by atoms with Crippen LogP contribution in [-0.2, 0) is 21.3 Å². The van der Waals surface area contributed by atoms with Crippen LogP contribution in [0.3, 0.4) is 0 Å². The van der Waals surface area contributed by atoms with Gasteiger partial charge < -0.3 is 14.1 Å². The van der Waals surface area contributed by atoms with E-state index in [0.29, 0.717) is 22.6 Å². The van der Waals surface area contributed by atoms with Crippen molar-refractivity contribution in [2.45, 2.75) is 32.2 Å². The zero-order chi connectivity index (χ0) is 23.5. The van der Waals surface area contributed by atoms with Gasteiger partial charge in [0.2, 0.25) is 15.8 Å². The van der Waals surface area contributed by atoms with Gasteiger partial charge >= 0.3 is 5.97 Å². The zero-order valence-electron chi connectivity index (χ0n) is 17.7. The molecule has 168 valence electrons. The quantitative estimate of drug-likeness (QED) is 0.372. The van der Waals surface area contributed by atoms with Crippen LogP contribution in [0.1, 0.15) is 55.1 Å². The van der Waals surface area contributed by atoms with Gasteiger partial charge in [-0.15, -0.1) is 0 Å². The van der Waals surface area contributed by atoms with Crippen LogP contribution in [-0.4, -0.2) is 37.5 Å². The van der Waals surface area contributed by atoms with E-state index >= 15 is 0 Å². The molecule has 1 aromatic carbocycles. The number of sulfonamides is 1. The van der Waals surface area contributed by atoms with Gasteiger partial charge in [0.05, 0.1) is 29.0 Å². The lowest BCUT2D eigenvalue weighted by Crippen LogP contribution is -2.23. The van der Waals surface area contributed by atoms with E-state index in [1.807, 2.05) is 0 Å². The number of carbonyl (C=O) groups excluding carboxylic acids is 3. The highest BCUT2D eigenvalue weighted by molar-refractivity contribution is 7.89. The molecule has 2 N–H and O–H groups in total. The van der Waals surface area contributed by atoms with Crippen molar-refractivity contribution in [1.29, 1.82) is 0 Å². The molecule has 2 aromatic heterocycles. The van der Waals surface area contributed by atoms with Gasteiger partial charge in [0.15, 0.2) is 12.4 Å². The summed E-state index contributed by atoms with van der Waals surface area (Å²) in [5.41, 5.74) is 1.82. The molecule has 0 saturated carbocycles. The molecule has 0 spiro atoms. The third kappa shape index (κ3) is 5.04. The molecular weight excluding hydrogens is 436 g/mol. The highest BCUT2D eigenvalue weighted by Gasteiger charge is 2.21. The number of aromatic nitrogens is 1. The summed E-state index contributed by atoms with van der Waals surface area (Å²) in [6.07, 6.45) is 1.44. The molecule has 0 saturated heterocycles. The van der Waals surface area contributed by atoms with Crippen LogP contribution in [0.25, 0.3) is 0 Å². The average Bonchev–Trinajstić information content (AvgIpc) is 3.38. The summed E-state index contributed by atoms with van der Waals surface area (Å²) in [7, 11) is -3.80. The van der Waals surface area contributed by atoms with Crippen molar-refractivity contribution in [2.75, 3.05) is 6.61 Å². The van der Waals surface area contributed by atoms with E-state index in [2.05, 4.69) is 9.71 Å². The van der Waals surface area contributed by atoms with Crippen molar-refractivity contribution < 1.29 is 32.0 Å². The number of aryl methyl sites for hydroxylation is 1. The minimum atomic E-state index is -3.80. The van der Waals surface area contributed by atoms with Gasteiger partial charge in [0.25, 0.3) is 0 Å². The second kappa shape index (κ2) is 9.33. The average molecular weight is 458 g/mol. The Kier molecular flexibility index (Phi) is 6.75. The third-order valence-corrected chi connectivity index (χ3v) is 6.24. The van der Waals surface area contributed by atoms with E-state index in [4.69, 9.17) is 9.15 Å². The number of ether oxygens (including phenoxy) is 1. The number of carbonyl (C=O) groups is 3. The van der Waals surface area contributed by atoms with E-state index in [-0.39, 0.29) is 28.5 Å². The molecule has 0 unspecified atom stereocenters. The first kappa shape index (κ1) is 23.2. The van der Waals surface area contributed by atoms with Crippen molar-refractivity contribution in [3.05, 3.63) is 76.5 Å². The maximum Gasteiger partial charge on any atom is 0.338 e. The molecule has 2 heterocycles. The van der Waals surface area contributed by atoms with Gasteiger partial charge in [-0.2, -0.15) is 0 Å². The van der Waals surface area contributed by atoms with Gasteiger partial charge in [-0.25, -0.2) is 17.9 Å². The summed E-state index contributed by atoms with van der Waals surface area (Å²) in [5, 5.41) is 0. The smallest absolute Gasteiger partial charge is 0.338 e. The lowest BCUT2D eigenvalue weighted by Gasteiger charge is -2.07. The summed E-state index contributed by atoms with van der Waals surface area (Å²) < 4.78 is 37.2. The Labute approximate surface area is 184 Å². The van der Waals surface area contributed by atoms with Crippen LogP contribution in [0.5, 0.6) is 0 Å². The second-order valence-electron chi connectivity index (χ2n) is 7.11. The number of ketones is 2. The molecule has 3 rings (SSSR count). The first-order valence-corrected chi connectivity index (χ1v) is 11.1. The van der Waals surface area contributed by atoms with Gasteiger partial charge in [-0.05, 0) is 62.7 Å². The topological polar surface area (TPSA) is 136 Å². The van der Waals surface area contributed by atoms with E-state index in [9.17, 15) is 22.8 Å². The number of esters is 1. The van der Waals surface area contributed by atoms with Crippen molar-refractivity contribution >= 4 is 27.6 Å². The maximum atomic E-state index is 12.4. The zero-order valence-corrected chi connectivity index (χ0v) is 18.5. The number of H-pyrrole nitrogens is 1. The minimum absolute atomic E-state index is 0.00971. The molecule has 10 heteroatoms. The molecule has 0 aliphatic carbocycles. The van der Waals surface area contributed by atoms with Crippen molar-refractivity contribution in [2.24, 2.45) is 0 Å². The molecule has 0 fully saturated rings. The van der Waals surface area contributed by atoms with Crippen LogP contribution in [0.2, 0.25) is 0 Å². The predicted molar refractivity (Wildman–Crippen MR) is 114 cm³/mol. The van der Waals surface area contributed by atoms with Gasteiger partial charge in [0.1, 0.15) is 5.76 Å². The van der Waals surface area contributed by atoms with E-state index < -0.39 is 28.4 Å². The van der Waals surface area contributed by atoms with Gasteiger partial charge in [-0.3, -0.25) is 9.59 Å². The molecule has 0 aliphatic heterocycles. The normalized spacial score (nSPS) is 11.3. The predicted octanol–water partition coefficient (Wildman–Crippen LogP) is 2.95. The third-order valence-electron chi connectivity index (χ3n) is 4.82. The minimum Gasteiger partial charge on any atom is -0.468 e. The summed E-state index contributed by atoms with van der Waals surface area (Å²) in [6.45, 7) is 4.21.